The van der Waals surface area contributed by atoms with E-state index in [1.54, 1.807) is 0 Å². The van der Waals surface area contributed by atoms with Crippen molar-refractivity contribution in [1.82, 2.24) is 15.5 Å². The van der Waals surface area contributed by atoms with Crippen LogP contribution < -0.4 is 5.32 Å². The number of carboxylic acid groups (broad SMARTS) is 1. The van der Waals surface area contributed by atoms with E-state index in [1.165, 1.54) is 16.7 Å². The minimum Gasteiger partial charge on any atom is -0.480 e. The zero-order valence-electron chi connectivity index (χ0n) is 20.6. The van der Waals surface area contributed by atoms with Crippen molar-refractivity contribution in [3.8, 4) is 34.0 Å². The molecule has 35 heavy (non-hydrogen) atoms. The minimum atomic E-state index is -0.816. The highest BCUT2D eigenvalue weighted by Gasteiger charge is 2.20. The van der Waals surface area contributed by atoms with Crippen LogP contribution in [0.15, 0.2) is 71.3 Å². The number of nitrogens with zero attached hydrogens (tertiary/aromatic N) is 2. The molecule has 3 aromatic carbocycles. The molecule has 0 spiro atoms. The van der Waals surface area contributed by atoms with Crippen molar-refractivity contribution in [2.24, 2.45) is 5.92 Å². The number of carboxylic acids is 1. The molecule has 0 radical (unpaired) electrons. The molecule has 0 bridgehead atoms. The molecule has 4 rings (SSSR count). The number of nitrogens with one attached hydrogen (secondary N) is 1. The van der Waals surface area contributed by atoms with Crippen molar-refractivity contribution in [2.75, 3.05) is 6.54 Å². The second-order valence-electron chi connectivity index (χ2n) is 9.23. The smallest absolute Gasteiger partial charge is 0.320 e. The van der Waals surface area contributed by atoms with E-state index < -0.39 is 12.0 Å². The van der Waals surface area contributed by atoms with Crippen molar-refractivity contribution < 1.29 is 14.4 Å². The van der Waals surface area contributed by atoms with Crippen molar-refractivity contribution >= 4 is 5.97 Å². The molecule has 0 amide bonds. The van der Waals surface area contributed by atoms with Gasteiger partial charge < -0.3 is 14.9 Å². The molecule has 0 unspecified atom stereocenters. The first-order valence-electron chi connectivity index (χ1n) is 11.9. The molecule has 0 saturated heterocycles. The quantitative estimate of drug-likeness (QED) is 0.316. The minimum absolute atomic E-state index is 0.0322. The fourth-order valence-corrected chi connectivity index (χ4v) is 4.23. The van der Waals surface area contributed by atoms with Crippen LogP contribution in [-0.2, 0) is 11.2 Å². The predicted molar refractivity (Wildman–Crippen MR) is 138 cm³/mol. The summed E-state index contributed by atoms with van der Waals surface area (Å²) in [6.45, 7) is 8.61. The van der Waals surface area contributed by atoms with Gasteiger partial charge in [-0.05, 0) is 72.7 Å². The van der Waals surface area contributed by atoms with E-state index in [1.807, 2.05) is 50.2 Å². The van der Waals surface area contributed by atoms with Gasteiger partial charge in [0.15, 0.2) is 0 Å². The van der Waals surface area contributed by atoms with Crippen LogP contribution in [0.2, 0.25) is 0 Å². The Morgan fingerprint density at radius 1 is 0.943 bits per heavy atom. The Kier molecular flexibility index (Phi) is 7.42. The Morgan fingerprint density at radius 2 is 1.63 bits per heavy atom. The number of aromatic nitrogens is 2. The van der Waals surface area contributed by atoms with Crippen LogP contribution in [-0.4, -0.2) is 33.8 Å². The number of carbonyl (C=O) groups is 1. The van der Waals surface area contributed by atoms with Crippen LogP contribution >= 0.6 is 0 Å². The molecule has 4 aromatic rings. The second kappa shape index (κ2) is 10.7. The van der Waals surface area contributed by atoms with Gasteiger partial charge in [-0.3, -0.25) is 4.79 Å². The zero-order valence-corrected chi connectivity index (χ0v) is 20.6. The standard InChI is InChI=1S/C29H31N3O3/c1-18(2)26(29(33)34)30-16-15-21-9-11-22(12-10-21)27-31-28(35-32-27)23-13-14-25(20(4)17-23)24-8-6-5-7-19(24)3/h5-14,17-18,26,30H,15-16H2,1-4H3,(H,33,34)/t26-/m0/s1. The summed E-state index contributed by atoms with van der Waals surface area (Å²) in [7, 11) is 0. The van der Waals surface area contributed by atoms with Crippen LogP contribution in [0.4, 0.5) is 0 Å². The van der Waals surface area contributed by atoms with Gasteiger partial charge in [0.05, 0.1) is 0 Å². The molecule has 2 N–H and O–H groups in total. The summed E-state index contributed by atoms with van der Waals surface area (Å²) >= 11 is 0. The fraction of sp³-hybridized carbons (Fsp3) is 0.276. The van der Waals surface area contributed by atoms with Gasteiger partial charge in [-0.2, -0.15) is 4.98 Å². The van der Waals surface area contributed by atoms with Crippen LogP contribution in [0.5, 0.6) is 0 Å². The van der Waals surface area contributed by atoms with E-state index >= 15 is 0 Å². The average molecular weight is 470 g/mol. The van der Waals surface area contributed by atoms with E-state index in [-0.39, 0.29) is 5.92 Å². The van der Waals surface area contributed by atoms with Gasteiger partial charge >= 0.3 is 5.97 Å². The summed E-state index contributed by atoms with van der Waals surface area (Å²) in [5, 5.41) is 16.6. The van der Waals surface area contributed by atoms with Crippen LogP contribution in [0.3, 0.4) is 0 Å². The fourth-order valence-electron chi connectivity index (χ4n) is 4.23. The highest BCUT2D eigenvalue weighted by Crippen LogP contribution is 2.30. The zero-order chi connectivity index (χ0) is 24.9. The molecule has 6 nitrogen and oxygen atoms in total. The monoisotopic (exact) mass is 469 g/mol. The lowest BCUT2D eigenvalue weighted by Crippen LogP contribution is -2.41. The second-order valence-corrected chi connectivity index (χ2v) is 9.23. The Hall–Kier alpha value is -3.77. The summed E-state index contributed by atoms with van der Waals surface area (Å²) in [5.41, 5.74) is 7.68. The topological polar surface area (TPSA) is 88.2 Å². The largest absolute Gasteiger partial charge is 0.480 e. The Morgan fingerprint density at radius 3 is 2.29 bits per heavy atom. The molecule has 180 valence electrons. The molecule has 1 aromatic heterocycles. The van der Waals surface area contributed by atoms with Crippen molar-refractivity contribution in [3.63, 3.8) is 0 Å². The van der Waals surface area contributed by atoms with Gasteiger partial charge in [0, 0.05) is 11.1 Å². The number of hydrogen-bond donors (Lipinski definition) is 2. The summed E-state index contributed by atoms with van der Waals surface area (Å²) in [4.78, 5) is 15.9. The molecule has 0 aliphatic carbocycles. The van der Waals surface area contributed by atoms with Crippen LogP contribution in [0.1, 0.15) is 30.5 Å². The molecule has 0 aliphatic heterocycles. The molecule has 1 heterocycles. The maximum atomic E-state index is 11.3. The van der Waals surface area contributed by atoms with Gasteiger partial charge in [0.1, 0.15) is 6.04 Å². The van der Waals surface area contributed by atoms with E-state index in [9.17, 15) is 9.90 Å². The van der Waals surface area contributed by atoms with Gasteiger partial charge in [-0.1, -0.05) is 73.6 Å². The Balaban J connectivity index is 1.44. The van der Waals surface area contributed by atoms with Gasteiger partial charge in [-0.15, -0.1) is 0 Å². The highest BCUT2D eigenvalue weighted by atomic mass is 16.5. The van der Waals surface area contributed by atoms with Gasteiger partial charge in [0.2, 0.25) is 5.82 Å². The lowest BCUT2D eigenvalue weighted by molar-refractivity contribution is -0.140. The molecular weight excluding hydrogens is 438 g/mol. The average Bonchev–Trinajstić information content (AvgIpc) is 3.33. The molecule has 6 heteroatoms. The third-order valence-electron chi connectivity index (χ3n) is 6.26. The van der Waals surface area contributed by atoms with E-state index in [0.29, 0.717) is 18.3 Å². The number of aliphatic carboxylic acids is 1. The first-order valence-corrected chi connectivity index (χ1v) is 11.9. The maximum absolute atomic E-state index is 11.3. The molecule has 0 aliphatic rings. The number of benzene rings is 3. The first kappa shape index (κ1) is 24.4. The summed E-state index contributed by atoms with van der Waals surface area (Å²) in [6, 6.07) is 22.0. The molecular formula is C29H31N3O3. The molecule has 0 saturated carbocycles. The highest BCUT2D eigenvalue weighted by molar-refractivity contribution is 5.74. The number of aryl methyl sites for hydroxylation is 2. The lowest BCUT2D eigenvalue weighted by atomic mass is 9.95. The maximum Gasteiger partial charge on any atom is 0.320 e. The van der Waals surface area contributed by atoms with Crippen LogP contribution in [0, 0.1) is 19.8 Å². The third kappa shape index (κ3) is 5.66. The van der Waals surface area contributed by atoms with E-state index in [2.05, 4.69) is 59.6 Å². The van der Waals surface area contributed by atoms with Crippen molar-refractivity contribution in [1.29, 1.82) is 0 Å². The normalized spacial score (nSPS) is 12.1. The van der Waals surface area contributed by atoms with Gasteiger partial charge in [-0.25, -0.2) is 0 Å². The lowest BCUT2D eigenvalue weighted by Gasteiger charge is -2.17. The Labute approximate surface area is 206 Å². The van der Waals surface area contributed by atoms with E-state index in [4.69, 9.17) is 4.52 Å². The summed E-state index contributed by atoms with van der Waals surface area (Å²) < 4.78 is 5.57. The SMILES string of the molecule is Cc1ccccc1-c1ccc(-c2nc(-c3ccc(CCN[C@H](C(=O)O)C(C)C)cc3)no2)cc1C. The van der Waals surface area contributed by atoms with Crippen LogP contribution in [0.25, 0.3) is 34.0 Å². The first-order chi connectivity index (χ1) is 16.8. The number of hydrogen-bond acceptors (Lipinski definition) is 5. The number of rotatable bonds is 9. The van der Waals surface area contributed by atoms with Crippen molar-refractivity contribution in [2.45, 2.75) is 40.2 Å². The molecule has 1 atom stereocenters. The van der Waals surface area contributed by atoms with Crippen molar-refractivity contribution in [3.05, 3.63) is 83.4 Å². The third-order valence-corrected chi connectivity index (χ3v) is 6.26. The van der Waals surface area contributed by atoms with Gasteiger partial charge in [0.25, 0.3) is 5.89 Å². The molecule has 0 fully saturated rings. The Bertz CT molecular complexity index is 1310. The van der Waals surface area contributed by atoms with E-state index in [0.717, 1.165) is 28.7 Å². The summed E-state index contributed by atoms with van der Waals surface area (Å²) in [6.07, 6.45) is 0.737. The predicted octanol–water partition coefficient (Wildman–Crippen LogP) is 5.93. The summed E-state index contributed by atoms with van der Waals surface area (Å²) in [5.74, 6) is 0.241.